The summed E-state index contributed by atoms with van der Waals surface area (Å²) in [5.41, 5.74) is 1.63. The fraction of sp³-hybridized carbons (Fsp3) is 0.400. The molecule has 1 aromatic heterocycles. The maximum Gasteiger partial charge on any atom is 0.293 e. The van der Waals surface area contributed by atoms with Crippen LogP contribution in [-0.2, 0) is 14.8 Å². The SMILES string of the molecule is C[C@H](C(=O)Nc1ccc(S(=O)(=O)N2CCCC2)cc1)[n+]1ccc(N(C)C)cc1. The van der Waals surface area contributed by atoms with Crippen molar-refractivity contribution in [2.45, 2.75) is 30.7 Å². The molecule has 1 fully saturated rings. The molecule has 7 nitrogen and oxygen atoms in total. The number of nitrogens with one attached hydrogen (secondary N) is 1. The molecule has 0 radical (unpaired) electrons. The number of hydrogen-bond acceptors (Lipinski definition) is 4. The Morgan fingerprint density at radius 2 is 1.64 bits per heavy atom. The number of aromatic nitrogens is 1. The number of rotatable bonds is 6. The van der Waals surface area contributed by atoms with Gasteiger partial charge in [-0.2, -0.15) is 8.87 Å². The Balaban J connectivity index is 1.67. The summed E-state index contributed by atoms with van der Waals surface area (Å²) in [6.45, 7) is 2.96. The van der Waals surface area contributed by atoms with E-state index in [2.05, 4.69) is 5.32 Å². The van der Waals surface area contributed by atoms with E-state index in [1.807, 2.05) is 55.0 Å². The van der Waals surface area contributed by atoms with E-state index in [1.165, 1.54) is 4.31 Å². The molecule has 1 N–H and O–H groups in total. The molecule has 1 saturated heterocycles. The van der Waals surface area contributed by atoms with Crippen molar-refractivity contribution in [3.8, 4) is 0 Å². The van der Waals surface area contributed by atoms with E-state index in [-0.39, 0.29) is 10.8 Å². The van der Waals surface area contributed by atoms with Gasteiger partial charge in [0.05, 0.1) is 4.90 Å². The van der Waals surface area contributed by atoms with Crippen LogP contribution in [0.25, 0.3) is 0 Å². The summed E-state index contributed by atoms with van der Waals surface area (Å²) in [4.78, 5) is 14.8. The number of benzene rings is 1. The summed E-state index contributed by atoms with van der Waals surface area (Å²) in [6, 6.07) is 9.86. The van der Waals surface area contributed by atoms with Gasteiger partial charge in [-0.3, -0.25) is 4.79 Å². The molecule has 1 amide bonds. The molecule has 8 heteroatoms. The molecule has 28 heavy (non-hydrogen) atoms. The second-order valence-corrected chi connectivity index (χ2v) is 9.14. The van der Waals surface area contributed by atoms with Crippen molar-refractivity contribution < 1.29 is 17.8 Å². The molecule has 0 saturated carbocycles. The molecule has 0 bridgehead atoms. The van der Waals surface area contributed by atoms with Gasteiger partial charge in [-0.15, -0.1) is 0 Å². The Hall–Kier alpha value is -2.45. The minimum absolute atomic E-state index is 0.169. The highest BCUT2D eigenvalue weighted by Gasteiger charge is 2.27. The lowest BCUT2D eigenvalue weighted by Gasteiger charge is -2.16. The average Bonchev–Trinajstić information content (AvgIpc) is 3.23. The van der Waals surface area contributed by atoms with Gasteiger partial charge in [-0.1, -0.05) is 0 Å². The molecule has 1 aliphatic heterocycles. The summed E-state index contributed by atoms with van der Waals surface area (Å²) >= 11 is 0. The van der Waals surface area contributed by atoms with Gasteiger partial charge in [0.15, 0.2) is 12.4 Å². The van der Waals surface area contributed by atoms with Crippen molar-refractivity contribution in [2.75, 3.05) is 37.4 Å². The number of carbonyl (C=O) groups excluding carboxylic acids is 1. The molecule has 1 aromatic carbocycles. The fourth-order valence-electron chi connectivity index (χ4n) is 3.16. The number of carbonyl (C=O) groups is 1. The number of pyridine rings is 1. The first-order chi connectivity index (χ1) is 13.3. The lowest BCUT2D eigenvalue weighted by atomic mass is 10.2. The van der Waals surface area contributed by atoms with Crippen molar-refractivity contribution in [3.63, 3.8) is 0 Å². The van der Waals surface area contributed by atoms with Crippen LogP contribution in [0, 0.1) is 0 Å². The molecule has 2 aromatic rings. The molecular formula is C20H27N4O3S+. The Morgan fingerprint density at radius 1 is 1.07 bits per heavy atom. The maximum absolute atomic E-state index is 12.6. The molecule has 1 atom stereocenters. The largest absolute Gasteiger partial charge is 0.377 e. The Morgan fingerprint density at radius 3 is 2.18 bits per heavy atom. The predicted molar refractivity (Wildman–Crippen MR) is 109 cm³/mol. The highest BCUT2D eigenvalue weighted by atomic mass is 32.2. The summed E-state index contributed by atoms with van der Waals surface area (Å²) in [5.74, 6) is -0.169. The average molecular weight is 404 g/mol. The van der Waals surface area contributed by atoms with Crippen LogP contribution >= 0.6 is 0 Å². The summed E-state index contributed by atoms with van der Waals surface area (Å²) in [7, 11) is 0.482. The normalized spacial score (nSPS) is 16.0. The van der Waals surface area contributed by atoms with Crippen molar-refractivity contribution >= 4 is 27.3 Å². The second kappa shape index (κ2) is 8.28. The predicted octanol–water partition coefficient (Wildman–Crippen LogP) is 2.02. The van der Waals surface area contributed by atoms with Gasteiger partial charge in [0, 0.05) is 57.6 Å². The zero-order valence-electron chi connectivity index (χ0n) is 16.5. The van der Waals surface area contributed by atoms with E-state index >= 15 is 0 Å². The number of amides is 1. The lowest BCUT2D eigenvalue weighted by Crippen LogP contribution is -2.44. The molecule has 0 spiro atoms. The summed E-state index contributed by atoms with van der Waals surface area (Å²) in [6.07, 6.45) is 5.54. The van der Waals surface area contributed by atoms with Crippen LogP contribution in [0.4, 0.5) is 11.4 Å². The number of nitrogens with zero attached hydrogens (tertiary/aromatic N) is 3. The topological polar surface area (TPSA) is 73.6 Å². The molecule has 150 valence electrons. The van der Waals surface area contributed by atoms with Crippen LogP contribution < -0.4 is 14.8 Å². The van der Waals surface area contributed by atoms with E-state index in [0.29, 0.717) is 18.8 Å². The minimum Gasteiger partial charge on any atom is -0.377 e. The van der Waals surface area contributed by atoms with Crippen LogP contribution in [0.2, 0.25) is 0 Å². The first-order valence-electron chi connectivity index (χ1n) is 9.38. The third-order valence-corrected chi connectivity index (χ3v) is 6.92. The van der Waals surface area contributed by atoms with Crippen molar-refractivity contribution in [1.82, 2.24) is 4.31 Å². The first-order valence-corrected chi connectivity index (χ1v) is 10.8. The van der Waals surface area contributed by atoms with E-state index in [0.717, 1.165) is 18.5 Å². The molecular weight excluding hydrogens is 376 g/mol. The highest BCUT2D eigenvalue weighted by molar-refractivity contribution is 7.89. The van der Waals surface area contributed by atoms with Gasteiger partial charge in [0.1, 0.15) is 0 Å². The zero-order valence-corrected chi connectivity index (χ0v) is 17.3. The van der Waals surface area contributed by atoms with Gasteiger partial charge >= 0.3 is 0 Å². The van der Waals surface area contributed by atoms with Crippen LogP contribution in [0.15, 0.2) is 53.7 Å². The molecule has 3 rings (SSSR count). The molecule has 1 aliphatic rings. The monoisotopic (exact) mass is 403 g/mol. The van der Waals surface area contributed by atoms with Crippen LogP contribution in [0.3, 0.4) is 0 Å². The van der Waals surface area contributed by atoms with Crippen molar-refractivity contribution in [2.24, 2.45) is 0 Å². The first kappa shape index (κ1) is 20.3. The lowest BCUT2D eigenvalue weighted by molar-refractivity contribution is -0.705. The molecule has 2 heterocycles. The summed E-state index contributed by atoms with van der Waals surface area (Å²) in [5, 5.41) is 2.85. The van der Waals surface area contributed by atoms with E-state index in [1.54, 1.807) is 24.3 Å². The van der Waals surface area contributed by atoms with Gasteiger partial charge in [-0.25, -0.2) is 8.42 Å². The van der Waals surface area contributed by atoms with E-state index in [9.17, 15) is 13.2 Å². The van der Waals surface area contributed by atoms with Crippen molar-refractivity contribution in [1.29, 1.82) is 0 Å². The van der Waals surface area contributed by atoms with Gasteiger partial charge < -0.3 is 10.2 Å². The highest BCUT2D eigenvalue weighted by Crippen LogP contribution is 2.22. The van der Waals surface area contributed by atoms with Gasteiger partial charge in [-0.05, 0) is 37.1 Å². The van der Waals surface area contributed by atoms with Crippen molar-refractivity contribution in [3.05, 3.63) is 48.8 Å². The fourth-order valence-corrected chi connectivity index (χ4v) is 4.67. The molecule has 0 aliphatic carbocycles. The Labute approximate surface area is 166 Å². The maximum atomic E-state index is 12.6. The quantitative estimate of drug-likeness (QED) is 0.749. The smallest absolute Gasteiger partial charge is 0.293 e. The van der Waals surface area contributed by atoms with E-state index in [4.69, 9.17) is 0 Å². The molecule has 0 unspecified atom stereocenters. The van der Waals surface area contributed by atoms with Gasteiger partial charge in [0.25, 0.3) is 5.91 Å². The van der Waals surface area contributed by atoms with Crippen LogP contribution in [-0.4, -0.2) is 45.8 Å². The summed E-state index contributed by atoms with van der Waals surface area (Å²) < 4.78 is 28.5. The number of anilines is 2. The van der Waals surface area contributed by atoms with Crippen LogP contribution in [0.5, 0.6) is 0 Å². The Bertz CT molecular complexity index is 919. The van der Waals surface area contributed by atoms with Crippen LogP contribution in [0.1, 0.15) is 25.8 Å². The minimum atomic E-state index is -3.44. The third-order valence-electron chi connectivity index (χ3n) is 5.00. The van der Waals surface area contributed by atoms with Gasteiger partial charge in [0.2, 0.25) is 16.1 Å². The third kappa shape index (κ3) is 4.34. The number of hydrogen-bond donors (Lipinski definition) is 1. The van der Waals surface area contributed by atoms with E-state index < -0.39 is 16.1 Å². The zero-order chi connectivity index (χ0) is 20.3. The standard InChI is InChI=1S/C20H26N4O3S/c1-16(23-14-10-18(11-15-23)22(2)3)20(25)21-17-6-8-19(9-7-17)28(26,27)24-12-4-5-13-24/h6-11,14-16H,4-5,12-13H2,1-3H3/p+1/t16-/m1/s1. The second-order valence-electron chi connectivity index (χ2n) is 7.20. The number of sulfonamides is 1. The Kier molecular flexibility index (Phi) is 6.00.